The zero-order valence-corrected chi connectivity index (χ0v) is 12.1. The first-order valence-electron chi connectivity index (χ1n) is 7.09. The van der Waals surface area contributed by atoms with E-state index in [1.165, 1.54) is 19.4 Å². The number of fused-ring (bicyclic) bond motifs is 1. The lowest BCUT2D eigenvalue weighted by atomic mass is 10.1. The van der Waals surface area contributed by atoms with Crippen LogP contribution in [-0.2, 0) is 6.54 Å². The number of nitrogens with zero attached hydrogens (tertiary/aromatic N) is 2. The van der Waals surface area contributed by atoms with Crippen LogP contribution in [0.3, 0.4) is 0 Å². The molecule has 0 bridgehead atoms. The largest absolute Gasteiger partial charge is 0.508 e. The van der Waals surface area contributed by atoms with Crippen molar-refractivity contribution in [2.24, 2.45) is 0 Å². The van der Waals surface area contributed by atoms with Gasteiger partial charge in [-0.3, -0.25) is 9.80 Å². The van der Waals surface area contributed by atoms with Gasteiger partial charge in [-0.1, -0.05) is 11.6 Å². The van der Waals surface area contributed by atoms with Crippen molar-refractivity contribution < 1.29 is 5.11 Å². The lowest BCUT2D eigenvalue weighted by Gasteiger charge is -2.42. The molecule has 2 atom stereocenters. The number of rotatable bonds is 2. The number of aromatic hydroxyl groups is 1. The first-order valence-corrected chi connectivity index (χ1v) is 7.47. The van der Waals surface area contributed by atoms with Crippen LogP contribution in [0.25, 0.3) is 0 Å². The van der Waals surface area contributed by atoms with E-state index in [1.54, 1.807) is 12.1 Å². The van der Waals surface area contributed by atoms with Gasteiger partial charge in [-0.25, -0.2) is 0 Å². The molecule has 0 spiro atoms. The summed E-state index contributed by atoms with van der Waals surface area (Å²) in [7, 11) is 0. The molecule has 4 heteroatoms. The van der Waals surface area contributed by atoms with E-state index in [0.29, 0.717) is 22.9 Å². The fourth-order valence-corrected chi connectivity index (χ4v) is 3.56. The predicted octanol–water partition coefficient (Wildman–Crippen LogP) is 2.71. The normalized spacial score (nSPS) is 28.5. The van der Waals surface area contributed by atoms with Gasteiger partial charge in [-0.2, -0.15) is 0 Å². The molecule has 0 aromatic heterocycles. The molecule has 2 heterocycles. The molecule has 3 nitrogen and oxygen atoms in total. The summed E-state index contributed by atoms with van der Waals surface area (Å²) in [6.45, 7) is 6.57. The second-order valence-corrected chi connectivity index (χ2v) is 6.28. The highest BCUT2D eigenvalue weighted by Gasteiger charge is 2.34. The average molecular weight is 281 g/mol. The Balaban J connectivity index is 1.73. The van der Waals surface area contributed by atoms with Gasteiger partial charge in [0.25, 0.3) is 0 Å². The Bertz CT molecular complexity index is 465. The minimum Gasteiger partial charge on any atom is -0.508 e. The van der Waals surface area contributed by atoms with E-state index in [1.807, 2.05) is 6.07 Å². The number of benzene rings is 1. The Morgan fingerprint density at radius 2 is 2.21 bits per heavy atom. The zero-order valence-electron chi connectivity index (χ0n) is 11.3. The Labute approximate surface area is 119 Å². The highest BCUT2D eigenvalue weighted by molar-refractivity contribution is 6.30. The van der Waals surface area contributed by atoms with Crippen molar-refractivity contribution in [3.8, 4) is 5.75 Å². The summed E-state index contributed by atoms with van der Waals surface area (Å²) in [5.41, 5.74) is 0.936. The first-order chi connectivity index (χ1) is 9.13. The van der Waals surface area contributed by atoms with Crippen molar-refractivity contribution >= 4 is 11.6 Å². The molecule has 0 aliphatic carbocycles. The molecule has 2 fully saturated rings. The van der Waals surface area contributed by atoms with Crippen LogP contribution in [0.4, 0.5) is 0 Å². The van der Waals surface area contributed by atoms with Crippen LogP contribution in [-0.4, -0.2) is 46.6 Å². The fraction of sp³-hybridized carbons (Fsp3) is 0.600. The van der Waals surface area contributed by atoms with Gasteiger partial charge in [-0.05, 0) is 44.5 Å². The topological polar surface area (TPSA) is 26.7 Å². The number of phenolic OH excluding ortho intramolecular Hbond substituents is 1. The molecule has 104 valence electrons. The maximum atomic E-state index is 9.94. The molecule has 2 aliphatic rings. The summed E-state index contributed by atoms with van der Waals surface area (Å²) in [6.07, 6.45) is 2.64. The van der Waals surface area contributed by atoms with Crippen molar-refractivity contribution in [2.45, 2.75) is 38.4 Å². The lowest BCUT2D eigenvalue weighted by Crippen LogP contribution is -2.54. The zero-order chi connectivity index (χ0) is 13.4. The molecule has 2 saturated heterocycles. The van der Waals surface area contributed by atoms with Gasteiger partial charge in [0, 0.05) is 42.3 Å². The monoisotopic (exact) mass is 280 g/mol. The molecule has 0 radical (unpaired) electrons. The second kappa shape index (κ2) is 5.31. The van der Waals surface area contributed by atoms with E-state index in [-0.39, 0.29) is 0 Å². The first kappa shape index (κ1) is 13.2. The van der Waals surface area contributed by atoms with E-state index in [0.717, 1.165) is 25.2 Å². The number of hydrogen-bond donors (Lipinski definition) is 1. The highest BCUT2D eigenvalue weighted by Crippen LogP contribution is 2.28. The molecule has 1 aromatic rings. The van der Waals surface area contributed by atoms with Crippen molar-refractivity contribution in [3.63, 3.8) is 0 Å². The SMILES string of the molecule is CC1CN2CCCC2CN1Cc1cc(Cl)ccc1O. The molecule has 1 N–H and O–H groups in total. The van der Waals surface area contributed by atoms with Crippen LogP contribution in [0.15, 0.2) is 18.2 Å². The van der Waals surface area contributed by atoms with Gasteiger partial charge in [0.2, 0.25) is 0 Å². The smallest absolute Gasteiger partial charge is 0.120 e. The molecule has 19 heavy (non-hydrogen) atoms. The molecule has 3 rings (SSSR count). The van der Waals surface area contributed by atoms with Gasteiger partial charge in [0.05, 0.1) is 0 Å². The summed E-state index contributed by atoms with van der Waals surface area (Å²) in [5, 5.41) is 10.6. The van der Waals surface area contributed by atoms with Crippen LogP contribution in [0, 0.1) is 0 Å². The molecular formula is C15H21ClN2O. The fourth-order valence-electron chi connectivity index (χ4n) is 3.37. The Morgan fingerprint density at radius 3 is 3.05 bits per heavy atom. The standard InChI is InChI=1S/C15H21ClN2O/c1-11-8-17-6-2-3-14(17)10-18(11)9-12-7-13(16)4-5-15(12)19/h4-5,7,11,14,19H,2-3,6,8-10H2,1H3. The van der Waals surface area contributed by atoms with Gasteiger partial charge in [0.15, 0.2) is 0 Å². The Kier molecular flexibility index (Phi) is 3.70. The number of piperazine rings is 1. The highest BCUT2D eigenvalue weighted by atomic mass is 35.5. The average Bonchev–Trinajstić information content (AvgIpc) is 2.81. The van der Waals surface area contributed by atoms with Gasteiger partial charge in [0.1, 0.15) is 5.75 Å². The van der Waals surface area contributed by atoms with Crippen LogP contribution < -0.4 is 0 Å². The number of phenols is 1. The third-order valence-corrected chi connectivity index (χ3v) is 4.72. The molecule has 0 saturated carbocycles. The van der Waals surface area contributed by atoms with Crippen LogP contribution in [0.5, 0.6) is 5.75 Å². The molecule has 1 aromatic carbocycles. The quantitative estimate of drug-likeness (QED) is 0.902. The predicted molar refractivity (Wildman–Crippen MR) is 77.6 cm³/mol. The Morgan fingerprint density at radius 1 is 1.37 bits per heavy atom. The maximum Gasteiger partial charge on any atom is 0.120 e. The van der Waals surface area contributed by atoms with E-state index >= 15 is 0 Å². The van der Waals surface area contributed by atoms with E-state index < -0.39 is 0 Å². The third-order valence-electron chi connectivity index (χ3n) is 4.48. The minimum absolute atomic E-state index is 0.352. The maximum absolute atomic E-state index is 9.94. The second-order valence-electron chi connectivity index (χ2n) is 5.84. The Hall–Kier alpha value is -0.770. The summed E-state index contributed by atoms with van der Waals surface area (Å²) < 4.78 is 0. The van der Waals surface area contributed by atoms with Crippen molar-refractivity contribution in [1.82, 2.24) is 9.80 Å². The van der Waals surface area contributed by atoms with Gasteiger partial charge in [-0.15, -0.1) is 0 Å². The summed E-state index contributed by atoms with van der Waals surface area (Å²) >= 11 is 6.02. The van der Waals surface area contributed by atoms with Gasteiger partial charge < -0.3 is 5.11 Å². The van der Waals surface area contributed by atoms with E-state index in [4.69, 9.17) is 11.6 Å². The molecular weight excluding hydrogens is 260 g/mol. The third kappa shape index (κ3) is 2.73. The number of halogens is 1. The lowest BCUT2D eigenvalue weighted by molar-refractivity contribution is 0.0535. The van der Waals surface area contributed by atoms with Crippen molar-refractivity contribution in [1.29, 1.82) is 0 Å². The molecule has 2 unspecified atom stereocenters. The molecule has 2 aliphatic heterocycles. The summed E-state index contributed by atoms with van der Waals surface area (Å²) in [5.74, 6) is 0.352. The van der Waals surface area contributed by atoms with Crippen LogP contribution in [0.1, 0.15) is 25.3 Å². The van der Waals surface area contributed by atoms with Gasteiger partial charge >= 0.3 is 0 Å². The van der Waals surface area contributed by atoms with Crippen LogP contribution in [0.2, 0.25) is 5.02 Å². The molecule has 0 amide bonds. The number of hydrogen-bond acceptors (Lipinski definition) is 3. The summed E-state index contributed by atoms with van der Waals surface area (Å²) in [4.78, 5) is 5.08. The summed E-state index contributed by atoms with van der Waals surface area (Å²) in [6, 6.07) is 6.54. The van der Waals surface area contributed by atoms with E-state index in [9.17, 15) is 5.11 Å². The van der Waals surface area contributed by atoms with E-state index in [2.05, 4.69) is 16.7 Å². The van der Waals surface area contributed by atoms with Crippen molar-refractivity contribution in [3.05, 3.63) is 28.8 Å². The van der Waals surface area contributed by atoms with Crippen LogP contribution >= 0.6 is 11.6 Å². The van der Waals surface area contributed by atoms with Crippen molar-refractivity contribution in [2.75, 3.05) is 19.6 Å². The minimum atomic E-state index is 0.352.